The average Bonchev–Trinajstić information content (AvgIpc) is 2.77. The Morgan fingerprint density at radius 2 is 2.50 bits per heavy atom. The monoisotopic (exact) mass is 166 g/mol. The maximum absolute atomic E-state index is 8.91. The van der Waals surface area contributed by atoms with E-state index in [9.17, 15) is 0 Å². The normalized spacial score (nSPS) is 27.6. The van der Waals surface area contributed by atoms with Gasteiger partial charge in [0.05, 0.1) is 6.20 Å². The summed E-state index contributed by atoms with van der Waals surface area (Å²) >= 11 is 0. The van der Waals surface area contributed by atoms with E-state index in [2.05, 4.69) is 12.0 Å². The topological polar surface area (TPSA) is 38.1 Å². The molecule has 1 heterocycles. The number of aryl methyl sites for hydroxylation is 1. The molecule has 1 N–H and O–H groups in total. The van der Waals surface area contributed by atoms with Gasteiger partial charge < -0.3 is 5.11 Å². The van der Waals surface area contributed by atoms with Gasteiger partial charge in [0.25, 0.3) is 0 Å². The molecule has 1 aromatic rings. The lowest BCUT2D eigenvalue weighted by Gasteiger charge is -1.97. The van der Waals surface area contributed by atoms with Gasteiger partial charge in [-0.3, -0.25) is 4.68 Å². The van der Waals surface area contributed by atoms with Crippen LogP contribution in [0.15, 0.2) is 6.20 Å². The number of aliphatic hydroxyl groups excluding tert-OH is 1. The minimum atomic E-state index is 0.318. The van der Waals surface area contributed by atoms with Crippen molar-refractivity contribution in [1.82, 2.24) is 9.78 Å². The molecule has 0 aromatic carbocycles. The van der Waals surface area contributed by atoms with E-state index in [1.165, 1.54) is 11.3 Å². The molecule has 1 aliphatic rings. The standard InChI is InChI=1S/C9H14N2O/c1-6-9(4-10-11(6)2)8-3-7(8)5-12/h4,7-8,12H,3,5H2,1-2H3. The van der Waals surface area contributed by atoms with Gasteiger partial charge in [0.2, 0.25) is 0 Å². The summed E-state index contributed by atoms with van der Waals surface area (Å²) in [6.45, 7) is 2.40. The summed E-state index contributed by atoms with van der Waals surface area (Å²) in [5, 5.41) is 13.1. The van der Waals surface area contributed by atoms with E-state index < -0.39 is 0 Å². The van der Waals surface area contributed by atoms with Gasteiger partial charge >= 0.3 is 0 Å². The third-order valence-electron chi connectivity index (χ3n) is 2.83. The van der Waals surface area contributed by atoms with Crippen molar-refractivity contribution in [1.29, 1.82) is 0 Å². The van der Waals surface area contributed by atoms with Crippen LogP contribution in [-0.2, 0) is 7.05 Å². The third-order valence-corrected chi connectivity index (χ3v) is 2.83. The zero-order valence-electron chi connectivity index (χ0n) is 7.49. The minimum absolute atomic E-state index is 0.318. The first-order valence-electron chi connectivity index (χ1n) is 4.33. The maximum atomic E-state index is 8.91. The largest absolute Gasteiger partial charge is 0.396 e. The number of nitrogens with zero attached hydrogens (tertiary/aromatic N) is 2. The Kier molecular flexibility index (Phi) is 1.68. The van der Waals surface area contributed by atoms with E-state index in [1.807, 2.05) is 17.9 Å². The number of hydrogen-bond acceptors (Lipinski definition) is 2. The first-order valence-corrected chi connectivity index (χ1v) is 4.33. The molecule has 0 amide bonds. The lowest BCUT2D eigenvalue weighted by atomic mass is 10.1. The molecule has 0 radical (unpaired) electrons. The minimum Gasteiger partial charge on any atom is -0.396 e. The molecule has 2 atom stereocenters. The summed E-state index contributed by atoms with van der Waals surface area (Å²) in [4.78, 5) is 0. The van der Waals surface area contributed by atoms with Crippen LogP contribution in [0.4, 0.5) is 0 Å². The van der Waals surface area contributed by atoms with Crippen molar-refractivity contribution < 1.29 is 5.11 Å². The van der Waals surface area contributed by atoms with E-state index >= 15 is 0 Å². The summed E-state index contributed by atoms with van der Waals surface area (Å²) < 4.78 is 1.89. The second kappa shape index (κ2) is 2.59. The molecule has 1 aliphatic carbocycles. The highest BCUT2D eigenvalue weighted by Crippen LogP contribution is 2.47. The highest BCUT2D eigenvalue weighted by atomic mass is 16.3. The van der Waals surface area contributed by atoms with Crippen molar-refractivity contribution in [2.24, 2.45) is 13.0 Å². The molecule has 0 aliphatic heterocycles. The lowest BCUT2D eigenvalue weighted by molar-refractivity contribution is 0.274. The zero-order valence-corrected chi connectivity index (χ0v) is 7.49. The van der Waals surface area contributed by atoms with Gasteiger partial charge in [0.15, 0.2) is 0 Å². The van der Waals surface area contributed by atoms with E-state index in [-0.39, 0.29) is 0 Å². The van der Waals surface area contributed by atoms with Crippen LogP contribution in [0.1, 0.15) is 23.6 Å². The Morgan fingerprint density at radius 1 is 1.75 bits per heavy atom. The predicted molar refractivity (Wildman–Crippen MR) is 45.9 cm³/mol. The lowest BCUT2D eigenvalue weighted by Crippen LogP contribution is -1.94. The second-order valence-electron chi connectivity index (χ2n) is 3.59. The van der Waals surface area contributed by atoms with Crippen molar-refractivity contribution in [3.05, 3.63) is 17.5 Å². The third kappa shape index (κ3) is 1.05. The Balaban J connectivity index is 2.20. The van der Waals surface area contributed by atoms with Gasteiger partial charge in [-0.25, -0.2) is 0 Å². The second-order valence-corrected chi connectivity index (χ2v) is 3.59. The van der Waals surface area contributed by atoms with Crippen molar-refractivity contribution in [2.45, 2.75) is 19.3 Å². The quantitative estimate of drug-likeness (QED) is 0.706. The SMILES string of the molecule is Cc1c(C2CC2CO)cnn1C. The molecule has 0 saturated heterocycles. The van der Waals surface area contributed by atoms with Crippen LogP contribution in [0.2, 0.25) is 0 Å². The van der Waals surface area contributed by atoms with Gasteiger partial charge in [-0.15, -0.1) is 0 Å². The first kappa shape index (κ1) is 7.80. The van der Waals surface area contributed by atoms with Crippen LogP contribution < -0.4 is 0 Å². The maximum Gasteiger partial charge on any atom is 0.0527 e. The van der Waals surface area contributed by atoms with Gasteiger partial charge in [0, 0.05) is 19.3 Å². The fourth-order valence-electron chi connectivity index (χ4n) is 1.71. The smallest absolute Gasteiger partial charge is 0.0527 e. The Morgan fingerprint density at radius 3 is 2.92 bits per heavy atom. The van der Waals surface area contributed by atoms with Crippen LogP contribution >= 0.6 is 0 Å². The summed E-state index contributed by atoms with van der Waals surface area (Å²) in [6, 6.07) is 0. The molecule has 2 unspecified atom stereocenters. The molecular formula is C9H14N2O. The van der Waals surface area contributed by atoms with E-state index in [0.717, 1.165) is 6.42 Å². The van der Waals surface area contributed by atoms with Crippen LogP contribution in [0.5, 0.6) is 0 Å². The van der Waals surface area contributed by atoms with Crippen LogP contribution in [0, 0.1) is 12.8 Å². The summed E-state index contributed by atoms with van der Waals surface area (Å²) in [6.07, 6.45) is 3.05. The predicted octanol–water partition coefficient (Wildman–Crippen LogP) is 0.824. The fourth-order valence-corrected chi connectivity index (χ4v) is 1.71. The molecule has 1 fully saturated rings. The molecule has 12 heavy (non-hydrogen) atoms. The highest BCUT2D eigenvalue weighted by Gasteiger charge is 2.39. The molecular weight excluding hydrogens is 152 g/mol. The summed E-state index contributed by atoms with van der Waals surface area (Å²) in [7, 11) is 1.95. The van der Waals surface area contributed by atoms with Crippen molar-refractivity contribution >= 4 is 0 Å². The molecule has 3 nitrogen and oxygen atoms in total. The fraction of sp³-hybridized carbons (Fsp3) is 0.667. The first-order chi connectivity index (χ1) is 5.74. The van der Waals surface area contributed by atoms with Gasteiger partial charge in [-0.05, 0) is 30.7 Å². The molecule has 0 spiro atoms. The van der Waals surface area contributed by atoms with Crippen LogP contribution in [0.3, 0.4) is 0 Å². The Hall–Kier alpha value is -0.830. The number of aromatic nitrogens is 2. The van der Waals surface area contributed by atoms with Gasteiger partial charge in [-0.1, -0.05) is 0 Å². The Labute approximate surface area is 72.0 Å². The number of hydrogen-bond donors (Lipinski definition) is 1. The summed E-state index contributed by atoms with van der Waals surface area (Å²) in [5.41, 5.74) is 2.55. The van der Waals surface area contributed by atoms with Crippen LogP contribution in [-0.4, -0.2) is 21.5 Å². The van der Waals surface area contributed by atoms with E-state index in [1.54, 1.807) is 0 Å². The van der Waals surface area contributed by atoms with Gasteiger partial charge in [0.1, 0.15) is 0 Å². The van der Waals surface area contributed by atoms with Gasteiger partial charge in [-0.2, -0.15) is 5.10 Å². The molecule has 1 saturated carbocycles. The number of rotatable bonds is 2. The number of aliphatic hydroxyl groups is 1. The van der Waals surface area contributed by atoms with Crippen molar-refractivity contribution in [3.8, 4) is 0 Å². The molecule has 2 rings (SSSR count). The van der Waals surface area contributed by atoms with Crippen molar-refractivity contribution in [2.75, 3.05) is 6.61 Å². The average molecular weight is 166 g/mol. The summed E-state index contributed by atoms with van der Waals surface area (Å²) in [5.74, 6) is 1.07. The van der Waals surface area contributed by atoms with Crippen LogP contribution in [0.25, 0.3) is 0 Å². The molecule has 1 aromatic heterocycles. The van der Waals surface area contributed by atoms with E-state index in [4.69, 9.17) is 5.11 Å². The van der Waals surface area contributed by atoms with E-state index in [0.29, 0.717) is 18.4 Å². The molecule has 66 valence electrons. The Bertz CT molecular complexity index is 293. The zero-order chi connectivity index (χ0) is 8.72. The van der Waals surface area contributed by atoms with Crippen molar-refractivity contribution in [3.63, 3.8) is 0 Å². The highest BCUT2D eigenvalue weighted by molar-refractivity contribution is 5.27. The molecule has 0 bridgehead atoms. The molecule has 3 heteroatoms.